The van der Waals surface area contributed by atoms with E-state index in [1.807, 2.05) is 0 Å². The fourth-order valence-electron chi connectivity index (χ4n) is 2.19. The number of likely N-dealkylation sites (tertiary alicyclic amines) is 1. The van der Waals surface area contributed by atoms with Crippen molar-refractivity contribution in [2.24, 2.45) is 0 Å². The summed E-state index contributed by atoms with van der Waals surface area (Å²) in [6.07, 6.45) is -0.422. The molecule has 0 radical (unpaired) electrons. The fraction of sp³-hybridized carbons (Fsp3) is 0.500. The van der Waals surface area contributed by atoms with E-state index < -0.39 is 16.1 Å². The number of aliphatic hydroxyl groups excluding tert-OH is 1. The van der Waals surface area contributed by atoms with Gasteiger partial charge in [-0.3, -0.25) is 4.79 Å². The first-order chi connectivity index (χ1) is 9.73. The summed E-state index contributed by atoms with van der Waals surface area (Å²) in [4.78, 5) is 14.0. The van der Waals surface area contributed by atoms with Gasteiger partial charge >= 0.3 is 0 Å². The van der Waals surface area contributed by atoms with Crippen molar-refractivity contribution in [3.63, 3.8) is 0 Å². The van der Waals surface area contributed by atoms with E-state index in [1.165, 1.54) is 26.2 Å². The zero-order valence-corrected chi connectivity index (χ0v) is 13.2. The Labute approximate surface area is 125 Å². The van der Waals surface area contributed by atoms with Crippen LogP contribution in [0.1, 0.15) is 18.4 Å². The number of hydrogen-bond donors (Lipinski definition) is 1. The van der Waals surface area contributed by atoms with E-state index in [4.69, 9.17) is 0 Å². The van der Waals surface area contributed by atoms with Gasteiger partial charge in [0.15, 0.2) is 0 Å². The SMILES string of the molecule is CC(C(=O)N1CC(O)C1)c1ccc(S(=O)(=O)N(C)C)cc1. The Bertz CT molecular complexity index is 619. The number of rotatable bonds is 4. The summed E-state index contributed by atoms with van der Waals surface area (Å²) in [5.74, 6) is -0.405. The van der Waals surface area contributed by atoms with Gasteiger partial charge in [0.05, 0.1) is 16.9 Å². The first-order valence-corrected chi connectivity index (χ1v) is 8.17. The normalized spacial score (nSPS) is 17.7. The van der Waals surface area contributed by atoms with Crippen LogP contribution in [0.3, 0.4) is 0 Å². The summed E-state index contributed by atoms with van der Waals surface area (Å²) in [7, 11) is -0.498. The molecule has 1 aliphatic heterocycles. The van der Waals surface area contributed by atoms with Crippen LogP contribution in [0.2, 0.25) is 0 Å². The topological polar surface area (TPSA) is 77.9 Å². The average molecular weight is 312 g/mol. The van der Waals surface area contributed by atoms with E-state index in [2.05, 4.69) is 0 Å². The lowest BCUT2D eigenvalue weighted by Gasteiger charge is -2.37. The molecule has 116 valence electrons. The molecule has 0 aliphatic carbocycles. The van der Waals surface area contributed by atoms with Crippen LogP contribution in [0, 0.1) is 0 Å². The smallest absolute Gasteiger partial charge is 0.242 e. The minimum atomic E-state index is -3.45. The van der Waals surface area contributed by atoms with E-state index in [0.717, 1.165) is 9.87 Å². The molecule has 0 bridgehead atoms. The summed E-state index contributed by atoms with van der Waals surface area (Å²) < 4.78 is 25.1. The van der Waals surface area contributed by atoms with E-state index in [1.54, 1.807) is 24.0 Å². The molecule has 1 fully saturated rings. The third-order valence-corrected chi connectivity index (χ3v) is 5.53. The highest BCUT2D eigenvalue weighted by Crippen LogP contribution is 2.23. The van der Waals surface area contributed by atoms with Gasteiger partial charge in [-0.15, -0.1) is 0 Å². The predicted octanol–water partition coefficient (Wildman–Crippen LogP) is 0.244. The predicted molar refractivity (Wildman–Crippen MR) is 78.3 cm³/mol. The first kappa shape index (κ1) is 15.9. The minimum absolute atomic E-state index is 0.0523. The van der Waals surface area contributed by atoms with Crippen molar-refractivity contribution in [1.82, 2.24) is 9.21 Å². The molecule has 0 saturated carbocycles. The number of carbonyl (C=O) groups excluding carboxylic acids is 1. The number of amides is 1. The molecule has 1 amide bonds. The van der Waals surface area contributed by atoms with Crippen molar-refractivity contribution in [1.29, 1.82) is 0 Å². The van der Waals surface area contributed by atoms with E-state index in [0.29, 0.717) is 13.1 Å². The number of aliphatic hydroxyl groups is 1. The maximum absolute atomic E-state index is 12.1. The second-order valence-electron chi connectivity index (χ2n) is 5.48. The molecule has 1 saturated heterocycles. The van der Waals surface area contributed by atoms with Crippen LogP contribution in [0.5, 0.6) is 0 Å². The zero-order valence-electron chi connectivity index (χ0n) is 12.4. The Morgan fingerprint density at radius 2 is 1.81 bits per heavy atom. The van der Waals surface area contributed by atoms with Crippen LogP contribution < -0.4 is 0 Å². The van der Waals surface area contributed by atoms with Gasteiger partial charge in [-0.05, 0) is 24.6 Å². The van der Waals surface area contributed by atoms with Crippen molar-refractivity contribution in [3.8, 4) is 0 Å². The number of sulfonamides is 1. The molecule has 21 heavy (non-hydrogen) atoms. The Morgan fingerprint density at radius 1 is 1.29 bits per heavy atom. The Hall–Kier alpha value is -1.44. The van der Waals surface area contributed by atoms with Gasteiger partial charge < -0.3 is 10.0 Å². The van der Waals surface area contributed by atoms with Gasteiger partial charge in [0.2, 0.25) is 15.9 Å². The maximum Gasteiger partial charge on any atom is 0.242 e. The highest BCUT2D eigenvalue weighted by molar-refractivity contribution is 7.89. The zero-order chi connectivity index (χ0) is 15.8. The molecular weight excluding hydrogens is 292 g/mol. The third-order valence-electron chi connectivity index (χ3n) is 3.70. The lowest BCUT2D eigenvalue weighted by atomic mass is 9.98. The first-order valence-electron chi connectivity index (χ1n) is 6.73. The quantitative estimate of drug-likeness (QED) is 0.864. The summed E-state index contributed by atoms with van der Waals surface area (Å²) in [5.41, 5.74) is 0.763. The van der Waals surface area contributed by atoms with Crippen molar-refractivity contribution in [3.05, 3.63) is 29.8 Å². The molecule has 0 aromatic heterocycles. The minimum Gasteiger partial charge on any atom is -0.389 e. The molecule has 0 spiro atoms. The van der Waals surface area contributed by atoms with Crippen molar-refractivity contribution >= 4 is 15.9 Å². The molecule has 1 aromatic rings. The second-order valence-corrected chi connectivity index (χ2v) is 7.63. The molecule has 1 atom stereocenters. The van der Waals surface area contributed by atoms with E-state index >= 15 is 0 Å². The maximum atomic E-state index is 12.1. The number of nitrogens with zero attached hydrogens (tertiary/aromatic N) is 2. The Balaban J connectivity index is 2.14. The number of hydrogen-bond acceptors (Lipinski definition) is 4. The largest absolute Gasteiger partial charge is 0.389 e. The standard InChI is InChI=1S/C14H20N2O4S/c1-10(14(18)16-8-12(17)9-16)11-4-6-13(7-5-11)21(19,20)15(2)3/h4-7,10,12,17H,8-9H2,1-3H3. The summed E-state index contributed by atoms with van der Waals surface area (Å²) in [6.45, 7) is 2.52. The molecule has 1 heterocycles. The van der Waals surface area contributed by atoms with Gasteiger partial charge in [-0.1, -0.05) is 12.1 Å². The number of carbonyl (C=O) groups is 1. The third kappa shape index (κ3) is 3.09. The van der Waals surface area contributed by atoms with Crippen molar-refractivity contribution in [2.45, 2.75) is 23.8 Å². The van der Waals surface area contributed by atoms with Crippen molar-refractivity contribution < 1.29 is 18.3 Å². The van der Waals surface area contributed by atoms with Crippen LogP contribution in [-0.4, -0.2) is 61.9 Å². The van der Waals surface area contributed by atoms with Crippen molar-refractivity contribution in [2.75, 3.05) is 27.2 Å². The van der Waals surface area contributed by atoms with Gasteiger partial charge in [-0.2, -0.15) is 0 Å². The van der Waals surface area contributed by atoms with Crippen LogP contribution >= 0.6 is 0 Å². The van der Waals surface area contributed by atoms with E-state index in [9.17, 15) is 18.3 Å². The van der Waals surface area contributed by atoms with Crippen LogP contribution in [0.4, 0.5) is 0 Å². The van der Waals surface area contributed by atoms with Gasteiger partial charge in [-0.25, -0.2) is 12.7 Å². The lowest BCUT2D eigenvalue weighted by Crippen LogP contribution is -2.54. The Morgan fingerprint density at radius 3 is 2.24 bits per heavy atom. The molecular formula is C14H20N2O4S. The molecule has 1 aromatic carbocycles. The van der Waals surface area contributed by atoms with Crippen LogP contribution in [0.15, 0.2) is 29.2 Å². The summed E-state index contributed by atoms with van der Waals surface area (Å²) in [5, 5.41) is 9.23. The van der Waals surface area contributed by atoms with Gasteiger partial charge in [0.1, 0.15) is 0 Å². The highest BCUT2D eigenvalue weighted by Gasteiger charge is 2.32. The fourth-order valence-corrected chi connectivity index (χ4v) is 3.09. The molecule has 1 aliphatic rings. The monoisotopic (exact) mass is 312 g/mol. The van der Waals surface area contributed by atoms with Crippen LogP contribution in [0.25, 0.3) is 0 Å². The van der Waals surface area contributed by atoms with Gasteiger partial charge in [0, 0.05) is 27.2 Å². The van der Waals surface area contributed by atoms with Crippen LogP contribution in [-0.2, 0) is 14.8 Å². The lowest BCUT2D eigenvalue weighted by molar-refractivity contribution is -0.142. The highest BCUT2D eigenvalue weighted by atomic mass is 32.2. The molecule has 6 nitrogen and oxygen atoms in total. The molecule has 1 N–H and O–H groups in total. The molecule has 1 unspecified atom stereocenters. The number of benzene rings is 1. The number of β-amino-alcohol motifs (C(OH)–C–C–N with tert-alkyl or cyclic N) is 1. The molecule has 2 rings (SSSR count). The van der Waals surface area contributed by atoms with E-state index in [-0.39, 0.29) is 16.7 Å². The molecule has 7 heteroatoms. The van der Waals surface area contributed by atoms with Gasteiger partial charge in [0.25, 0.3) is 0 Å². The second kappa shape index (κ2) is 5.75. The summed E-state index contributed by atoms with van der Waals surface area (Å²) in [6, 6.07) is 6.35. The summed E-state index contributed by atoms with van der Waals surface area (Å²) >= 11 is 0. The average Bonchev–Trinajstić information content (AvgIpc) is 2.42. The Kier molecular flexibility index (Phi) is 4.36.